The maximum atomic E-state index is 12.0. The van der Waals surface area contributed by atoms with Crippen molar-refractivity contribution in [3.63, 3.8) is 0 Å². The number of piperazine rings is 1. The third-order valence-corrected chi connectivity index (χ3v) is 3.44. The van der Waals surface area contributed by atoms with E-state index in [1.165, 1.54) is 0 Å². The summed E-state index contributed by atoms with van der Waals surface area (Å²) in [6.45, 7) is 7.90. The summed E-state index contributed by atoms with van der Waals surface area (Å²) in [6, 6.07) is 0. The zero-order valence-electron chi connectivity index (χ0n) is 13.2. The largest absolute Gasteiger partial charge is 0.444 e. The van der Waals surface area contributed by atoms with Crippen molar-refractivity contribution in [2.45, 2.75) is 32.6 Å². The number of ether oxygens (including phenoxy) is 1. The van der Waals surface area contributed by atoms with Gasteiger partial charge in [-0.2, -0.15) is 0 Å². The molecule has 0 aromatic rings. The minimum absolute atomic E-state index is 0.302. The van der Waals surface area contributed by atoms with Crippen LogP contribution in [0.15, 0.2) is 23.5 Å². The number of hydrogen-bond acceptors (Lipinski definition) is 6. The van der Waals surface area contributed by atoms with Crippen LogP contribution >= 0.6 is 0 Å². The second-order valence-electron chi connectivity index (χ2n) is 6.34. The van der Waals surface area contributed by atoms with E-state index >= 15 is 0 Å². The Labute approximate surface area is 130 Å². The fourth-order valence-electron chi connectivity index (χ4n) is 2.29. The lowest BCUT2D eigenvalue weighted by Gasteiger charge is -2.39. The Hall–Kier alpha value is -2.02. The smallest absolute Gasteiger partial charge is 0.410 e. The molecule has 1 saturated heterocycles. The van der Waals surface area contributed by atoms with Gasteiger partial charge in [-0.15, -0.1) is 0 Å². The quantitative estimate of drug-likeness (QED) is 0.720. The summed E-state index contributed by atoms with van der Waals surface area (Å²) in [5, 5.41) is 12.7. The zero-order chi connectivity index (χ0) is 16.3. The van der Waals surface area contributed by atoms with Gasteiger partial charge in [-0.3, -0.25) is 4.79 Å². The molecule has 0 aromatic heterocycles. The number of hydrogen-bond donors (Lipinski definition) is 2. The van der Waals surface area contributed by atoms with E-state index in [0.717, 1.165) is 5.82 Å². The van der Waals surface area contributed by atoms with E-state index in [4.69, 9.17) is 4.74 Å². The highest BCUT2D eigenvalue weighted by Crippen LogP contribution is 2.16. The van der Waals surface area contributed by atoms with Gasteiger partial charge in [-0.05, 0) is 32.9 Å². The van der Waals surface area contributed by atoms with E-state index in [9.17, 15) is 14.7 Å². The van der Waals surface area contributed by atoms with Crippen LogP contribution in [0, 0.1) is 0 Å². The first kappa shape index (κ1) is 16.4. The molecular formula is C15H23N3O4. The monoisotopic (exact) mass is 309 g/mol. The van der Waals surface area contributed by atoms with Crippen molar-refractivity contribution < 1.29 is 19.4 Å². The zero-order valence-corrected chi connectivity index (χ0v) is 13.2. The molecule has 2 rings (SSSR count). The number of aliphatic hydroxyl groups is 1. The normalized spacial score (nSPS) is 22.5. The molecule has 0 aromatic carbocycles. The lowest BCUT2D eigenvalue weighted by atomic mass is 10.2. The molecule has 7 heteroatoms. The fraction of sp³-hybridized carbons (Fsp3) is 0.600. The highest BCUT2D eigenvalue weighted by Gasteiger charge is 2.27. The molecule has 122 valence electrons. The standard InChI is InChI=1S/C15H23N3O4/c1-15(2,3)22-14(21)18-8-6-17(7-9-18)12-5-4-11(10-19)13(20)16-12/h4-5,10,13,16,20H,6-9H2,1-3H3/t13-/m1/s1. The van der Waals surface area contributed by atoms with Crippen molar-refractivity contribution in [1.29, 1.82) is 0 Å². The molecule has 1 fully saturated rings. The molecule has 1 amide bonds. The van der Waals surface area contributed by atoms with Crippen LogP contribution in [0.25, 0.3) is 0 Å². The van der Waals surface area contributed by atoms with Gasteiger partial charge in [0.25, 0.3) is 0 Å². The summed E-state index contributed by atoms with van der Waals surface area (Å²) in [6.07, 6.45) is 2.71. The van der Waals surface area contributed by atoms with Crippen LogP contribution in [0.4, 0.5) is 4.79 Å². The van der Waals surface area contributed by atoms with Crippen molar-refractivity contribution in [3.8, 4) is 0 Å². The molecule has 0 unspecified atom stereocenters. The Morgan fingerprint density at radius 1 is 1.32 bits per heavy atom. The number of nitrogens with one attached hydrogen (secondary N) is 1. The Morgan fingerprint density at radius 2 is 1.95 bits per heavy atom. The van der Waals surface area contributed by atoms with Gasteiger partial charge in [0.1, 0.15) is 11.4 Å². The van der Waals surface area contributed by atoms with Crippen LogP contribution < -0.4 is 5.32 Å². The van der Waals surface area contributed by atoms with E-state index in [1.807, 2.05) is 25.7 Å². The van der Waals surface area contributed by atoms with E-state index < -0.39 is 11.8 Å². The summed E-state index contributed by atoms with van der Waals surface area (Å²) in [5.74, 6) is 0.752. The maximum absolute atomic E-state index is 12.0. The number of allylic oxidation sites excluding steroid dienone is 2. The molecule has 2 aliphatic rings. The first-order valence-corrected chi connectivity index (χ1v) is 7.35. The third kappa shape index (κ3) is 4.00. The Morgan fingerprint density at radius 3 is 2.45 bits per heavy atom. The van der Waals surface area contributed by atoms with Gasteiger partial charge in [-0.25, -0.2) is 4.79 Å². The number of aliphatic hydroxyl groups excluding tert-OH is 1. The van der Waals surface area contributed by atoms with Gasteiger partial charge in [0.05, 0.1) is 0 Å². The maximum Gasteiger partial charge on any atom is 0.410 e. The third-order valence-electron chi connectivity index (χ3n) is 3.44. The minimum atomic E-state index is -0.985. The van der Waals surface area contributed by atoms with Gasteiger partial charge in [0, 0.05) is 31.8 Å². The van der Waals surface area contributed by atoms with Crippen LogP contribution in [-0.4, -0.2) is 65.3 Å². The molecule has 0 spiro atoms. The Kier molecular flexibility index (Phi) is 4.75. The first-order chi connectivity index (χ1) is 10.3. The molecule has 0 bridgehead atoms. The van der Waals surface area contributed by atoms with Gasteiger partial charge in [0.15, 0.2) is 12.5 Å². The molecule has 0 radical (unpaired) electrons. The summed E-state index contributed by atoms with van der Waals surface area (Å²) in [4.78, 5) is 26.4. The van der Waals surface area contributed by atoms with E-state index in [2.05, 4.69) is 5.32 Å². The van der Waals surface area contributed by atoms with Gasteiger partial charge in [-0.1, -0.05) is 0 Å². The van der Waals surface area contributed by atoms with Crippen LogP contribution in [0.5, 0.6) is 0 Å². The predicted octanol–water partition coefficient (Wildman–Crippen LogP) is 0.427. The van der Waals surface area contributed by atoms with E-state index in [-0.39, 0.29) is 6.09 Å². The molecule has 2 N–H and O–H groups in total. The Bertz CT molecular complexity index is 499. The van der Waals surface area contributed by atoms with Gasteiger partial charge in [0.2, 0.25) is 0 Å². The predicted molar refractivity (Wildman–Crippen MR) is 80.8 cm³/mol. The number of carbonyl (C=O) groups is 2. The van der Waals surface area contributed by atoms with Gasteiger partial charge < -0.3 is 25.0 Å². The van der Waals surface area contributed by atoms with Crippen molar-refractivity contribution >= 4 is 12.4 Å². The fourth-order valence-corrected chi connectivity index (χ4v) is 2.29. The van der Waals surface area contributed by atoms with E-state index in [1.54, 1.807) is 17.1 Å². The number of nitrogens with zero attached hydrogens (tertiary/aromatic N) is 2. The number of carbonyl (C=O) groups excluding carboxylic acids is 2. The number of amides is 1. The van der Waals surface area contributed by atoms with Crippen molar-refractivity contribution in [3.05, 3.63) is 23.5 Å². The molecule has 2 aliphatic heterocycles. The molecule has 7 nitrogen and oxygen atoms in total. The number of dihydropyridines is 1. The van der Waals surface area contributed by atoms with Crippen LogP contribution in [0.3, 0.4) is 0 Å². The summed E-state index contributed by atoms with van der Waals surface area (Å²) >= 11 is 0. The average Bonchev–Trinajstić information content (AvgIpc) is 2.45. The topological polar surface area (TPSA) is 82.1 Å². The lowest BCUT2D eigenvalue weighted by Crippen LogP contribution is -2.52. The number of rotatable bonds is 2. The van der Waals surface area contributed by atoms with Gasteiger partial charge >= 0.3 is 6.09 Å². The van der Waals surface area contributed by atoms with Crippen molar-refractivity contribution in [2.75, 3.05) is 26.2 Å². The van der Waals surface area contributed by atoms with Crippen molar-refractivity contribution in [2.24, 2.45) is 0 Å². The molecule has 1 atom stereocenters. The molecule has 0 aliphatic carbocycles. The van der Waals surface area contributed by atoms with Crippen molar-refractivity contribution in [1.82, 2.24) is 15.1 Å². The summed E-state index contributed by atoms with van der Waals surface area (Å²) in [7, 11) is 0. The highest BCUT2D eigenvalue weighted by molar-refractivity contribution is 5.75. The first-order valence-electron chi connectivity index (χ1n) is 7.35. The number of aldehydes is 1. The highest BCUT2D eigenvalue weighted by atomic mass is 16.6. The molecule has 0 saturated carbocycles. The summed E-state index contributed by atoms with van der Waals surface area (Å²) in [5.41, 5.74) is -0.196. The molecule has 22 heavy (non-hydrogen) atoms. The summed E-state index contributed by atoms with van der Waals surface area (Å²) < 4.78 is 5.35. The minimum Gasteiger partial charge on any atom is -0.444 e. The van der Waals surface area contributed by atoms with Crippen LogP contribution in [0.1, 0.15) is 20.8 Å². The SMILES string of the molecule is CC(C)(C)OC(=O)N1CCN(C2=CC=C(C=O)[C@@H](O)N2)CC1. The second-order valence-corrected chi connectivity index (χ2v) is 6.34. The van der Waals surface area contributed by atoms with Crippen LogP contribution in [-0.2, 0) is 9.53 Å². The molecular weight excluding hydrogens is 286 g/mol. The lowest BCUT2D eigenvalue weighted by molar-refractivity contribution is -0.105. The van der Waals surface area contributed by atoms with Crippen LogP contribution in [0.2, 0.25) is 0 Å². The average molecular weight is 309 g/mol. The molecule has 2 heterocycles. The second kappa shape index (κ2) is 6.39. The van der Waals surface area contributed by atoms with E-state index in [0.29, 0.717) is 38.0 Å². The Balaban J connectivity index is 1.90.